The summed E-state index contributed by atoms with van der Waals surface area (Å²) < 4.78 is 1.75. The molecule has 0 amide bonds. The number of carbonyl (C=O) groups excluding carboxylic acids is 1. The van der Waals surface area contributed by atoms with E-state index in [1.807, 2.05) is 25.1 Å². The molecule has 24 heavy (non-hydrogen) atoms. The van der Waals surface area contributed by atoms with E-state index in [4.69, 9.17) is 16.7 Å². The second-order valence-electron chi connectivity index (χ2n) is 5.55. The van der Waals surface area contributed by atoms with Crippen LogP contribution in [-0.4, -0.2) is 21.3 Å². The highest BCUT2D eigenvalue weighted by Crippen LogP contribution is 2.22. The number of pyridine rings is 1. The number of benzene rings is 1. The molecule has 1 aromatic carbocycles. The number of aromatic carboxylic acids is 1. The van der Waals surface area contributed by atoms with Gasteiger partial charge in [-0.3, -0.25) is 4.79 Å². The molecule has 0 aliphatic heterocycles. The van der Waals surface area contributed by atoms with Gasteiger partial charge in [0.15, 0.2) is 0 Å². The van der Waals surface area contributed by atoms with Crippen molar-refractivity contribution >= 4 is 28.9 Å². The summed E-state index contributed by atoms with van der Waals surface area (Å²) in [5.41, 5.74) is 3.91. The SMILES string of the molecule is CCc1cc2cc(C(=O)O)ccn2c1C(=O)c1ccc(CCl)cc1. The molecule has 3 rings (SSSR count). The molecule has 0 atom stereocenters. The topological polar surface area (TPSA) is 58.8 Å². The van der Waals surface area contributed by atoms with Crippen molar-refractivity contribution in [1.82, 2.24) is 4.40 Å². The zero-order chi connectivity index (χ0) is 17.3. The number of hydrogen-bond acceptors (Lipinski definition) is 2. The number of aromatic nitrogens is 1. The van der Waals surface area contributed by atoms with Gasteiger partial charge in [0.1, 0.15) is 0 Å². The lowest BCUT2D eigenvalue weighted by atomic mass is 10.0. The summed E-state index contributed by atoms with van der Waals surface area (Å²) in [5.74, 6) is -0.668. The van der Waals surface area contributed by atoms with Crippen molar-refractivity contribution < 1.29 is 14.7 Å². The van der Waals surface area contributed by atoms with E-state index in [1.54, 1.807) is 28.8 Å². The standard InChI is InChI=1S/C19H16ClNO3/c1-2-13-9-16-10-15(19(23)24)7-8-21(16)17(13)18(22)14-5-3-12(11-20)4-6-14/h3-10H,2,11H2,1H3,(H,23,24). The molecule has 4 nitrogen and oxygen atoms in total. The molecule has 0 radical (unpaired) electrons. The molecule has 0 aliphatic rings. The third-order valence-electron chi connectivity index (χ3n) is 4.07. The molecular weight excluding hydrogens is 326 g/mol. The second kappa shape index (κ2) is 6.49. The molecule has 5 heteroatoms. The van der Waals surface area contributed by atoms with Gasteiger partial charge in [-0.15, -0.1) is 11.6 Å². The second-order valence-corrected chi connectivity index (χ2v) is 5.81. The number of halogens is 1. The van der Waals surface area contributed by atoms with Crippen LogP contribution in [0.1, 0.15) is 44.5 Å². The summed E-state index contributed by atoms with van der Waals surface area (Å²) in [6.45, 7) is 1.97. The number of carbonyl (C=O) groups is 2. The molecule has 0 fully saturated rings. The first-order valence-electron chi connectivity index (χ1n) is 7.62. The van der Waals surface area contributed by atoms with Crippen LogP contribution >= 0.6 is 11.6 Å². The van der Waals surface area contributed by atoms with E-state index in [-0.39, 0.29) is 11.3 Å². The maximum Gasteiger partial charge on any atom is 0.335 e. The van der Waals surface area contributed by atoms with Crippen molar-refractivity contribution in [3.05, 3.63) is 76.6 Å². The Balaban J connectivity index is 2.12. The number of fused-ring (bicyclic) bond motifs is 1. The van der Waals surface area contributed by atoms with E-state index < -0.39 is 5.97 Å². The lowest BCUT2D eigenvalue weighted by molar-refractivity contribution is 0.0696. The minimum atomic E-state index is -0.985. The van der Waals surface area contributed by atoms with Gasteiger partial charge in [-0.1, -0.05) is 31.2 Å². The summed E-state index contributed by atoms with van der Waals surface area (Å²) >= 11 is 5.79. The Bertz CT molecular complexity index is 926. The van der Waals surface area contributed by atoms with Crippen LogP contribution in [0.3, 0.4) is 0 Å². The molecule has 2 aromatic heterocycles. The van der Waals surface area contributed by atoms with E-state index in [0.717, 1.165) is 11.1 Å². The minimum Gasteiger partial charge on any atom is -0.478 e. The third kappa shape index (κ3) is 2.81. The van der Waals surface area contributed by atoms with Gasteiger partial charge in [-0.25, -0.2) is 4.79 Å². The average molecular weight is 342 g/mol. The van der Waals surface area contributed by atoms with E-state index in [9.17, 15) is 9.59 Å². The highest BCUT2D eigenvalue weighted by Gasteiger charge is 2.19. The van der Waals surface area contributed by atoms with Crippen LogP contribution in [0.2, 0.25) is 0 Å². The van der Waals surface area contributed by atoms with Crippen LogP contribution in [0.25, 0.3) is 5.52 Å². The summed E-state index contributed by atoms with van der Waals surface area (Å²) in [7, 11) is 0. The van der Waals surface area contributed by atoms with Gasteiger partial charge in [0, 0.05) is 23.2 Å². The van der Waals surface area contributed by atoms with Gasteiger partial charge < -0.3 is 9.51 Å². The van der Waals surface area contributed by atoms with Crippen LogP contribution in [0.15, 0.2) is 48.7 Å². The van der Waals surface area contributed by atoms with E-state index in [1.165, 1.54) is 6.07 Å². The fourth-order valence-corrected chi connectivity index (χ4v) is 2.95. The summed E-state index contributed by atoms with van der Waals surface area (Å²) in [6, 6.07) is 12.2. The van der Waals surface area contributed by atoms with Gasteiger partial charge in [0.2, 0.25) is 5.78 Å². The van der Waals surface area contributed by atoms with Crippen LogP contribution in [-0.2, 0) is 12.3 Å². The van der Waals surface area contributed by atoms with E-state index in [0.29, 0.717) is 29.1 Å². The first-order valence-corrected chi connectivity index (χ1v) is 8.15. The first-order chi connectivity index (χ1) is 11.5. The quantitative estimate of drug-likeness (QED) is 0.559. The fourth-order valence-electron chi connectivity index (χ4n) is 2.77. The molecule has 3 aromatic rings. The van der Waals surface area contributed by atoms with Gasteiger partial charge in [-0.2, -0.15) is 0 Å². The van der Waals surface area contributed by atoms with E-state index >= 15 is 0 Å². The Hall–Kier alpha value is -2.59. The Labute approximate surface area is 144 Å². The molecule has 0 saturated heterocycles. The number of carboxylic acid groups (broad SMARTS) is 1. The average Bonchev–Trinajstić information content (AvgIpc) is 2.98. The van der Waals surface area contributed by atoms with Crippen LogP contribution in [0.5, 0.6) is 0 Å². The summed E-state index contributed by atoms with van der Waals surface area (Å²) in [5, 5.41) is 9.13. The molecule has 0 bridgehead atoms. The van der Waals surface area contributed by atoms with Crippen molar-refractivity contribution in [2.24, 2.45) is 0 Å². The maximum atomic E-state index is 12.9. The van der Waals surface area contributed by atoms with Crippen LogP contribution < -0.4 is 0 Å². The summed E-state index contributed by atoms with van der Waals surface area (Å²) in [4.78, 5) is 24.1. The zero-order valence-corrected chi connectivity index (χ0v) is 13.9. The lowest BCUT2D eigenvalue weighted by Crippen LogP contribution is -2.08. The monoisotopic (exact) mass is 341 g/mol. The lowest BCUT2D eigenvalue weighted by Gasteiger charge is -2.06. The zero-order valence-electron chi connectivity index (χ0n) is 13.1. The van der Waals surface area contributed by atoms with Crippen LogP contribution in [0.4, 0.5) is 0 Å². The molecule has 0 aliphatic carbocycles. The molecule has 0 saturated carbocycles. The fraction of sp³-hybridized carbons (Fsp3) is 0.158. The number of rotatable bonds is 5. The predicted molar refractivity (Wildman–Crippen MR) is 93.2 cm³/mol. The van der Waals surface area contributed by atoms with Gasteiger partial charge in [0.05, 0.1) is 11.3 Å². The van der Waals surface area contributed by atoms with Crippen molar-refractivity contribution in [2.75, 3.05) is 0 Å². The minimum absolute atomic E-state index is 0.0870. The predicted octanol–water partition coefficient (Wildman–Crippen LogP) is 4.17. The van der Waals surface area contributed by atoms with Gasteiger partial charge in [0.25, 0.3) is 0 Å². The van der Waals surface area contributed by atoms with Gasteiger partial charge >= 0.3 is 5.97 Å². The van der Waals surface area contributed by atoms with Crippen molar-refractivity contribution in [2.45, 2.75) is 19.2 Å². The normalized spacial score (nSPS) is 10.9. The number of hydrogen-bond donors (Lipinski definition) is 1. The highest BCUT2D eigenvalue weighted by molar-refractivity contribution is 6.17. The van der Waals surface area contributed by atoms with Crippen LogP contribution in [0, 0.1) is 0 Å². The summed E-state index contributed by atoms with van der Waals surface area (Å²) in [6.07, 6.45) is 2.32. The number of alkyl halides is 1. The number of ketones is 1. The number of aryl methyl sites for hydroxylation is 1. The first kappa shape index (κ1) is 16.3. The largest absolute Gasteiger partial charge is 0.478 e. The number of carboxylic acids is 1. The third-order valence-corrected chi connectivity index (χ3v) is 4.37. The number of nitrogens with zero attached hydrogens (tertiary/aromatic N) is 1. The highest BCUT2D eigenvalue weighted by atomic mass is 35.5. The Morgan fingerprint density at radius 1 is 1.08 bits per heavy atom. The Morgan fingerprint density at radius 2 is 1.79 bits per heavy atom. The molecule has 0 unspecified atom stereocenters. The molecular formula is C19H16ClNO3. The molecule has 0 spiro atoms. The smallest absolute Gasteiger partial charge is 0.335 e. The molecule has 1 N–H and O–H groups in total. The van der Waals surface area contributed by atoms with Crippen molar-refractivity contribution in [3.63, 3.8) is 0 Å². The van der Waals surface area contributed by atoms with E-state index in [2.05, 4.69) is 0 Å². The Morgan fingerprint density at radius 3 is 2.38 bits per heavy atom. The maximum absolute atomic E-state index is 12.9. The molecule has 122 valence electrons. The van der Waals surface area contributed by atoms with Gasteiger partial charge in [-0.05, 0) is 35.7 Å². The Kier molecular flexibility index (Phi) is 4.40. The van der Waals surface area contributed by atoms with Crippen molar-refractivity contribution in [3.8, 4) is 0 Å². The van der Waals surface area contributed by atoms with Crippen molar-refractivity contribution in [1.29, 1.82) is 0 Å². The molecule has 2 heterocycles.